The van der Waals surface area contributed by atoms with E-state index in [1.165, 1.54) is 22.9 Å². The van der Waals surface area contributed by atoms with E-state index in [1.54, 1.807) is 22.7 Å². The summed E-state index contributed by atoms with van der Waals surface area (Å²) in [4.78, 5) is 11.9. The number of likely N-dealkylation sites (tertiary alicyclic amines) is 1. The van der Waals surface area contributed by atoms with Crippen LogP contribution in [0.2, 0.25) is 0 Å². The summed E-state index contributed by atoms with van der Waals surface area (Å²) in [7, 11) is 0. The molecular weight excluding hydrogens is 378 g/mol. The fourth-order valence-corrected chi connectivity index (χ4v) is 5.33. The molecule has 2 aliphatic heterocycles. The first-order chi connectivity index (χ1) is 13.3. The Labute approximate surface area is 166 Å². The summed E-state index contributed by atoms with van der Waals surface area (Å²) in [6, 6.07) is 6.10. The Balaban J connectivity index is 1.25. The molecule has 5 nitrogen and oxygen atoms in total. The van der Waals surface area contributed by atoms with Crippen LogP contribution in [0.1, 0.15) is 28.8 Å². The van der Waals surface area contributed by atoms with Crippen molar-refractivity contribution in [2.24, 2.45) is 0 Å². The molecular formula is C20H21N3O2S2. The van der Waals surface area contributed by atoms with Gasteiger partial charge in [0.15, 0.2) is 11.5 Å². The second-order valence-corrected chi connectivity index (χ2v) is 8.77. The summed E-state index contributed by atoms with van der Waals surface area (Å²) in [5, 5.41) is 6.69. The Morgan fingerprint density at radius 3 is 2.74 bits per heavy atom. The second kappa shape index (κ2) is 7.58. The van der Waals surface area contributed by atoms with Crippen molar-refractivity contribution < 1.29 is 9.47 Å². The standard InChI is InChI=1S/C20H21N3O2S2/c1-2-17-18(25-9-8-24-17)11-15(1)16-13-27-20(22-16)14-3-6-23(7-4-14)12-19-21-5-10-26-19/h1-2,5,10-11,13-14H,3-4,6-9,12H2. The zero-order chi connectivity index (χ0) is 18.1. The zero-order valence-corrected chi connectivity index (χ0v) is 16.6. The van der Waals surface area contributed by atoms with Crippen LogP contribution in [0.25, 0.3) is 11.3 Å². The maximum atomic E-state index is 5.70. The molecule has 5 rings (SSSR count). The molecule has 1 fully saturated rings. The molecule has 0 atom stereocenters. The summed E-state index contributed by atoms with van der Waals surface area (Å²) in [6.07, 6.45) is 4.22. The molecule has 4 heterocycles. The van der Waals surface area contributed by atoms with Gasteiger partial charge in [0.25, 0.3) is 0 Å². The molecule has 2 aliphatic rings. The largest absolute Gasteiger partial charge is 0.486 e. The van der Waals surface area contributed by atoms with Gasteiger partial charge in [-0.25, -0.2) is 9.97 Å². The van der Waals surface area contributed by atoms with Gasteiger partial charge in [-0.05, 0) is 44.1 Å². The lowest BCUT2D eigenvalue weighted by molar-refractivity contribution is 0.171. The summed E-state index contributed by atoms with van der Waals surface area (Å²) in [5.41, 5.74) is 2.14. The van der Waals surface area contributed by atoms with E-state index in [1.807, 2.05) is 18.3 Å². The van der Waals surface area contributed by atoms with Gasteiger partial charge in [-0.2, -0.15) is 0 Å². The first-order valence-corrected chi connectivity index (χ1v) is 11.1. The van der Waals surface area contributed by atoms with Crippen LogP contribution in [-0.4, -0.2) is 41.2 Å². The molecule has 3 aromatic rings. The normalized spacial score (nSPS) is 17.9. The Morgan fingerprint density at radius 2 is 1.93 bits per heavy atom. The molecule has 0 saturated carbocycles. The molecule has 140 valence electrons. The van der Waals surface area contributed by atoms with Gasteiger partial charge in [0.2, 0.25) is 0 Å². The van der Waals surface area contributed by atoms with Gasteiger partial charge in [-0.3, -0.25) is 4.90 Å². The first-order valence-electron chi connectivity index (χ1n) is 9.31. The average Bonchev–Trinajstić information content (AvgIpc) is 3.40. The van der Waals surface area contributed by atoms with Crippen LogP contribution in [-0.2, 0) is 6.54 Å². The number of benzene rings is 1. The summed E-state index contributed by atoms with van der Waals surface area (Å²) in [5.74, 6) is 2.21. The third kappa shape index (κ3) is 3.72. The molecule has 7 heteroatoms. The monoisotopic (exact) mass is 399 g/mol. The van der Waals surface area contributed by atoms with E-state index in [-0.39, 0.29) is 0 Å². The molecule has 0 N–H and O–H groups in total. The van der Waals surface area contributed by atoms with Crippen LogP contribution < -0.4 is 9.47 Å². The Bertz CT molecular complexity index is 902. The number of hydrogen-bond donors (Lipinski definition) is 0. The Hall–Kier alpha value is -1.96. The van der Waals surface area contributed by atoms with Crippen LogP contribution in [0.3, 0.4) is 0 Å². The highest BCUT2D eigenvalue weighted by Crippen LogP contribution is 2.37. The van der Waals surface area contributed by atoms with Crippen LogP contribution in [0.5, 0.6) is 11.5 Å². The van der Waals surface area contributed by atoms with Gasteiger partial charge in [-0.1, -0.05) is 0 Å². The maximum Gasteiger partial charge on any atom is 0.162 e. The van der Waals surface area contributed by atoms with E-state index in [4.69, 9.17) is 14.5 Å². The molecule has 0 spiro atoms. The summed E-state index contributed by atoms with van der Waals surface area (Å²) in [6.45, 7) is 4.43. The van der Waals surface area contributed by atoms with Crippen molar-refractivity contribution in [2.75, 3.05) is 26.3 Å². The minimum absolute atomic E-state index is 0.563. The van der Waals surface area contributed by atoms with E-state index in [2.05, 4.69) is 26.7 Å². The van der Waals surface area contributed by atoms with Gasteiger partial charge >= 0.3 is 0 Å². The van der Waals surface area contributed by atoms with Crippen molar-refractivity contribution in [3.63, 3.8) is 0 Å². The van der Waals surface area contributed by atoms with Crippen LogP contribution in [0, 0.1) is 0 Å². The van der Waals surface area contributed by atoms with Gasteiger partial charge in [-0.15, -0.1) is 22.7 Å². The van der Waals surface area contributed by atoms with Crippen LogP contribution >= 0.6 is 22.7 Å². The van der Waals surface area contributed by atoms with E-state index in [0.717, 1.165) is 42.4 Å². The molecule has 0 aliphatic carbocycles. The van der Waals surface area contributed by atoms with E-state index >= 15 is 0 Å². The van der Waals surface area contributed by atoms with Gasteiger partial charge < -0.3 is 9.47 Å². The Kier molecular flexibility index (Phi) is 4.82. The van der Waals surface area contributed by atoms with Crippen molar-refractivity contribution in [3.05, 3.63) is 45.2 Å². The number of aromatic nitrogens is 2. The number of ether oxygens (including phenoxy) is 2. The summed E-state index contributed by atoms with van der Waals surface area (Å²) >= 11 is 3.53. The zero-order valence-electron chi connectivity index (χ0n) is 15.0. The highest BCUT2D eigenvalue weighted by Gasteiger charge is 2.24. The van der Waals surface area contributed by atoms with Crippen molar-refractivity contribution >= 4 is 22.7 Å². The average molecular weight is 400 g/mol. The quantitative estimate of drug-likeness (QED) is 0.650. The lowest BCUT2D eigenvalue weighted by Crippen LogP contribution is -2.32. The van der Waals surface area contributed by atoms with Crippen molar-refractivity contribution in [1.82, 2.24) is 14.9 Å². The summed E-state index contributed by atoms with van der Waals surface area (Å²) < 4.78 is 11.3. The lowest BCUT2D eigenvalue weighted by atomic mass is 9.97. The highest BCUT2D eigenvalue weighted by atomic mass is 32.1. The van der Waals surface area contributed by atoms with E-state index in [9.17, 15) is 0 Å². The SMILES string of the molecule is c1csc(CN2CCC(c3nc(-c4ccc5c(c4)OCCO5)cs3)CC2)n1. The second-order valence-electron chi connectivity index (χ2n) is 6.91. The van der Waals surface area contributed by atoms with Crippen molar-refractivity contribution in [2.45, 2.75) is 25.3 Å². The number of nitrogens with zero attached hydrogens (tertiary/aromatic N) is 3. The van der Waals surface area contributed by atoms with Crippen molar-refractivity contribution in [1.29, 1.82) is 0 Å². The number of hydrogen-bond acceptors (Lipinski definition) is 7. The van der Waals surface area contributed by atoms with E-state index < -0.39 is 0 Å². The van der Waals surface area contributed by atoms with Crippen molar-refractivity contribution in [3.8, 4) is 22.8 Å². The van der Waals surface area contributed by atoms with Crippen LogP contribution in [0.4, 0.5) is 0 Å². The third-order valence-electron chi connectivity index (χ3n) is 5.14. The fourth-order valence-electron chi connectivity index (χ4n) is 3.67. The molecule has 1 saturated heterocycles. The topological polar surface area (TPSA) is 47.5 Å². The first kappa shape index (κ1) is 17.2. The molecule has 1 aromatic carbocycles. The fraction of sp³-hybridized carbons (Fsp3) is 0.400. The number of piperidine rings is 1. The highest BCUT2D eigenvalue weighted by molar-refractivity contribution is 7.10. The smallest absolute Gasteiger partial charge is 0.162 e. The number of rotatable bonds is 4. The Morgan fingerprint density at radius 1 is 1.07 bits per heavy atom. The predicted molar refractivity (Wildman–Crippen MR) is 108 cm³/mol. The minimum Gasteiger partial charge on any atom is -0.486 e. The minimum atomic E-state index is 0.563. The maximum absolute atomic E-state index is 5.70. The molecule has 0 radical (unpaired) electrons. The molecule has 27 heavy (non-hydrogen) atoms. The van der Waals surface area contributed by atoms with E-state index in [0.29, 0.717) is 19.1 Å². The van der Waals surface area contributed by atoms with Gasteiger partial charge in [0.05, 0.1) is 17.2 Å². The molecule has 2 aromatic heterocycles. The number of thiazole rings is 2. The predicted octanol–water partition coefficient (Wildman–Crippen LogP) is 4.42. The molecule has 0 bridgehead atoms. The molecule has 0 amide bonds. The van der Waals surface area contributed by atoms with Crippen LogP contribution in [0.15, 0.2) is 35.2 Å². The lowest BCUT2D eigenvalue weighted by Gasteiger charge is -2.30. The molecule has 0 unspecified atom stereocenters. The third-order valence-corrected chi connectivity index (χ3v) is 6.91. The van der Waals surface area contributed by atoms with Gasteiger partial charge in [0, 0.05) is 28.4 Å². The number of fused-ring (bicyclic) bond motifs is 1. The van der Waals surface area contributed by atoms with Gasteiger partial charge in [0.1, 0.15) is 18.2 Å².